The van der Waals surface area contributed by atoms with Crippen molar-refractivity contribution in [1.82, 2.24) is 9.88 Å². The van der Waals surface area contributed by atoms with Crippen molar-refractivity contribution >= 4 is 5.82 Å². The summed E-state index contributed by atoms with van der Waals surface area (Å²) in [6.45, 7) is 6.34. The van der Waals surface area contributed by atoms with Gasteiger partial charge >= 0.3 is 0 Å². The molecule has 6 heteroatoms. The number of aromatic nitrogens is 1. The first kappa shape index (κ1) is 16.8. The van der Waals surface area contributed by atoms with E-state index < -0.39 is 0 Å². The molecule has 0 aliphatic carbocycles. The predicted octanol–water partition coefficient (Wildman–Crippen LogP) is 2.64. The van der Waals surface area contributed by atoms with E-state index in [1.165, 1.54) is 11.1 Å². The van der Waals surface area contributed by atoms with Gasteiger partial charge in [-0.15, -0.1) is 0 Å². The average Bonchev–Trinajstić information content (AvgIpc) is 3.19. The number of ether oxygens (including phenoxy) is 3. The van der Waals surface area contributed by atoms with Crippen LogP contribution < -0.4 is 14.4 Å². The lowest BCUT2D eigenvalue weighted by atomic mass is 9.95. The van der Waals surface area contributed by atoms with Crippen molar-refractivity contribution in [3.8, 4) is 11.5 Å². The first-order chi connectivity index (χ1) is 13.4. The fourth-order valence-electron chi connectivity index (χ4n) is 4.20. The minimum absolute atomic E-state index is 0.150. The average molecular weight is 367 g/mol. The first-order valence-corrected chi connectivity index (χ1v) is 9.79. The molecule has 1 aromatic carbocycles. The lowest BCUT2D eigenvalue weighted by Crippen LogP contribution is -2.47. The van der Waals surface area contributed by atoms with E-state index in [-0.39, 0.29) is 6.10 Å². The second-order valence-electron chi connectivity index (χ2n) is 7.32. The molecule has 3 aliphatic heterocycles. The Hall–Kier alpha value is -2.31. The Kier molecular flexibility index (Phi) is 4.59. The molecule has 0 amide bonds. The molecule has 6 nitrogen and oxygen atoms in total. The monoisotopic (exact) mass is 367 g/mol. The van der Waals surface area contributed by atoms with Crippen LogP contribution in [0.4, 0.5) is 5.82 Å². The number of anilines is 1. The Labute approximate surface area is 159 Å². The normalized spacial score (nSPS) is 21.9. The summed E-state index contributed by atoms with van der Waals surface area (Å²) < 4.78 is 17.2. The summed E-state index contributed by atoms with van der Waals surface area (Å²) in [6.07, 6.45) is 3.98. The van der Waals surface area contributed by atoms with Crippen molar-refractivity contribution in [2.75, 3.05) is 51.0 Å². The maximum atomic E-state index is 6.10. The Balaban J connectivity index is 1.19. The molecule has 3 aliphatic rings. The van der Waals surface area contributed by atoms with Gasteiger partial charge in [0, 0.05) is 38.9 Å². The molecule has 0 radical (unpaired) electrons. The Morgan fingerprint density at radius 3 is 2.70 bits per heavy atom. The summed E-state index contributed by atoms with van der Waals surface area (Å²) in [4.78, 5) is 9.36. The van der Waals surface area contributed by atoms with Gasteiger partial charge in [-0.1, -0.05) is 6.07 Å². The highest BCUT2D eigenvalue weighted by atomic mass is 16.7. The summed E-state index contributed by atoms with van der Waals surface area (Å²) in [7, 11) is 0. The third-order valence-corrected chi connectivity index (χ3v) is 5.72. The maximum absolute atomic E-state index is 6.10. The lowest BCUT2D eigenvalue weighted by Gasteiger charge is -2.36. The van der Waals surface area contributed by atoms with Crippen LogP contribution >= 0.6 is 0 Å². The van der Waals surface area contributed by atoms with E-state index in [1.807, 2.05) is 12.3 Å². The number of nitrogens with zero attached hydrogens (tertiary/aromatic N) is 3. The quantitative estimate of drug-likeness (QED) is 0.828. The van der Waals surface area contributed by atoms with Crippen LogP contribution in [0.3, 0.4) is 0 Å². The molecule has 27 heavy (non-hydrogen) atoms. The summed E-state index contributed by atoms with van der Waals surface area (Å²) in [5.74, 6) is 2.81. The minimum Gasteiger partial charge on any atom is -0.454 e. The van der Waals surface area contributed by atoms with Gasteiger partial charge in [-0.3, -0.25) is 4.90 Å². The second-order valence-corrected chi connectivity index (χ2v) is 7.32. The fourth-order valence-corrected chi connectivity index (χ4v) is 4.20. The summed E-state index contributed by atoms with van der Waals surface area (Å²) in [6, 6.07) is 10.4. The molecule has 142 valence electrons. The van der Waals surface area contributed by atoms with Gasteiger partial charge in [0.15, 0.2) is 11.5 Å². The Morgan fingerprint density at radius 1 is 1.04 bits per heavy atom. The number of rotatable bonds is 4. The molecule has 4 heterocycles. The molecule has 2 aromatic rings. The zero-order valence-corrected chi connectivity index (χ0v) is 15.5. The first-order valence-electron chi connectivity index (χ1n) is 9.79. The zero-order valence-electron chi connectivity index (χ0n) is 15.5. The number of fused-ring (bicyclic) bond motifs is 2. The molecule has 0 N–H and O–H groups in total. The highest BCUT2D eigenvalue weighted by Crippen LogP contribution is 2.40. The summed E-state index contributed by atoms with van der Waals surface area (Å²) >= 11 is 0. The Bertz CT molecular complexity index is 791. The molecule has 1 fully saturated rings. The maximum Gasteiger partial charge on any atom is 0.231 e. The zero-order chi connectivity index (χ0) is 18.1. The molecule has 1 unspecified atom stereocenters. The molecule has 5 rings (SSSR count). The Morgan fingerprint density at radius 2 is 1.89 bits per heavy atom. The van der Waals surface area contributed by atoms with Crippen LogP contribution in [0.1, 0.15) is 23.7 Å². The molecule has 0 bridgehead atoms. The largest absolute Gasteiger partial charge is 0.454 e. The van der Waals surface area contributed by atoms with E-state index in [4.69, 9.17) is 14.2 Å². The van der Waals surface area contributed by atoms with E-state index in [0.29, 0.717) is 6.79 Å². The van der Waals surface area contributed by atoms with Crippen LogP contribution in [0.2, 0.25) is 0 Å². The van der Waals surface area contributed by atoms with Gasteiger partial charge in [-0.05, 0) is 48.2 Å². The lowest BCUT2D eigenvalue weighted by molar-refractivity contribution is 0.0288. The van der Waals surface area contributed by atoms with E-state index >= 15 is 0 Å². The van der Waals surface area contributed by atoms with Crippen molar-refractivity contribution in [2.24, 2.45) is 0 Å². The van der Waals surface area contributed by atoms with E-state index in [9.17, 15) is 0 Å². The minimum atomic E-state index is 0.150. The van der Waals surface area contributed by atoms with E-state index in [0.717, 1.165) is 69.5 Å². The number of benzene rings is 1. The van der Waals surface area contributed by atoms with Crippen LogP contribution in [-0.2, 0) is 11.2 Å². The van der Waals surface area contributed by atoms with Gasteiger partial charge < -0.3 is 19.1 Å². The second kappa shape index (κ2) is 7.37. The number of piperazine rings is 1. The van der Waals surface area contributed by atoms with Crippen molar-refractivity contribution in [1.29, 1.82) is 0 Å². The van der Waals surface area contributed by atoms with E-state index in [2.05, 4.69) is 39.0 Å². The smallest absolute Gasteiger partial charge is 0.231 e. The van der Waals surface area contributed by atoms with Crippen LogP contribution in [-0.4, -0.2) is 56.0 Å². The third kappa shape index (κ3) is 3.47. The highest BCUT2D eigenvalue weighted by Gasteiger charge is 2.27. The molecule has 0 spiro atoms. The number of hydrogen-bond donors (Lipinski definition) is 0. The van der Waals surface area contributed by atoms with Crippen LogP contribution in [0.15, 0.2) is 36.5 Å². The van der Waals surface area contributed by atoms with Gasteiger partial charge in [-0.2, -0.15) is 0 Å². The summed E-state index contributed by atoms with van der Waals surface area (Å²) in [5.41, 5.74) is 2.62. The summed E-state index contributed by atoms with van der Waals surface area (Å²) in [5, 5.41) is 0. The van der Waals surface area contributed by atoms with E-state index in [1.54, 1.807) is 0 Å². The number of hydrogen-bond acceptors (Lipinski definition) is 6. The molecular weight excluding hydrogens is 342 g/mol. The molecule has 1 aromatic heterocycles. The predicted molar refractivity (Wildman–Crippen MR) is 102 cm³/mol. The molecule has 1 atom stereocenters. The molecular formula is C21H25N3O3. The van der Waals surface area contributed by atoms with Gasteiger partial charge in [0.05, 0.1) is 12.7 Å². The van der Waals surface area contributed by atoms with Crippen LogP contribution in [0.25, 0.3) is 0 Å². The number of pyridine rings is 1. The SMILES string of the molecule is c1ccc(N2CCN(CCC3OCCc4cc5c(cc43)OCO5)CC2)nc1. The van der Waals surface area contributed by atoms with Gasteiger partial charge in [-0.25, -0.2) is 4.98 Å². The standard InChI is InChI=1S/C21H25N3O3/c1-2-6-22-21(3-1)24-10-8-23(9-11-24)7-4-18-17-14-20-19(26-15-27-20)13-16(17)5-12-25-18/h1-3,6,13-14,18H,4-5,7-12,15H2. The van der Waals surface area contributed by atoms with Gasteiger partial charge in [0.1, 0.15) is 5.82 Å². The van der Waals surface area contributed by atoms with Gasteiger partial charge in [0.25, 0.3) is 0 Å². The highest BCUT2D eigenvalue weighted by molar-refractivity contribution is 5.50. The molecule has 1 saturated heterocycles. The topological polar surface area (TPSA) is 47.1 Å². The van der Waals surface area contributed by atoms with Crippen LogP contribution in [0.5, 0.6) is 11.5 Å². The molecule has 0 saturated carbocycles. The van der Waals surface area contributed by atoms with Gasteiger partial charge in [0.2, 0.25) is 6.79 Å². The third-order valence-electron chi connectivity index (χ3n) is 5.72. The van der Waals surface area contributed by atoms with Crippen molar-refractivity contribution < 1.29 is 14.2 Å². The van der Waals surface area contributed by atoms with Crippen LogP contribution in [0, 0.1) is 0 Å². The van der Waals surface area contributed by atoms with Crippen molar-refractivity contribution in [3.05, 3.63) is 47.7 Å². The van der Waals surface area contributed by atoms with Crippen molar-refractivity contribution in [2.45, 2.75) is 18.9 Å². The van der Waals surface area contributed by atoms with Crippen molar-refractivity contribution in [3.63, 3.8) is 0 Å². The fraction of sp³-hybridized carbons (Fsp3) is 0.476.